The van der Waals surface area contributed by atoms with Gasteiger partial charge in [0.25, 0.3) is 0 Å². The molecule has 1 saturated heterocycles. The molecule has 29 heavy (non-hydrogen) atoms. The zero-order valence-corrected chi connectivity index (χ0v) is 19.9. The Kier molecular flexibility index (Phi) is 10.4. The lowest BCUT2D eigenvalue weighted by molar-refractivity contribution is 0.191. The van der Waals surface area contributed by atoms with Gasteiger partial charge >= 0.3 is 0 Å². The summed E-state index contributed by atoms with van der Waals surface area (Å²) in [5.74, 6) is 1.78. The highest BCUT2D eigenvalue weighted by atomic mass is 127. The van der Waals surface area contributed by atoms with Crippen molar-refractivity contribution in [2.24, 2.45) is 10.9 Å². The molecule has 0 aliphatic carbocycles. The molecule has 1 aromatic carbocycles. The largest absolute Gasteiger partial charge is 0.357 e. The van der Waals surface area contributed by atoms with Crippen molar-refractivity contribution in [3.63, 3.8) is 0 Å². The quantitative estimate of drug-likeness (QED) is 0.247. The van der Waals surface area contributed by atoms with E-state index < -0.39 is 0 Å². The molecule has 1 aliphatic heterocycles. The smallest absolute Gasteiger partial charge is 0.191 e. The minimum Gasteiger partial charge on any atom is -0.357 e. The number of guanidine groups is 1. The Bertz CT molecular complexity index is 707. The zero-order chi connectivity index (χ0) is 19.6. The minimum atomic E-state index is 0. The number of aromatic nitrogens is 3. The second-order valence-electron chi connectivity index (χ2n) is 7.51. The molecule has 3 rings (SSSR count). The number of likely N-dealkylation sites (tertiary alicyclic amines) is 1. The Morgan fingerprint density at radius 3 is 2.59 bits per heavy atom. The number of hydrogen-bond donors (Lipinski definition) is 2. The van der Waals surface area contributed by atoms with Gasteiger partial charge in [-0.05, 0) is 69.4 Å². The molecule has 8 heteroatoms. The van der Waals surface area contributed by atoms with Crippen molar-refractivity contribution in [2.75, 3.05) is 32.7 Å². The van der Waals surface area contributed by atoms with Crippen LogP contribution in [0.25, 0.3) is 5.69 Å². The Morgan fingerprint density at radius 1 is 1.17 bits per heavy atom. The normalized spacial score (nSPS) is 15.7. The molecule has 0 amide bonds. The third-order valence-electron chi connectivity index (χ3n) is 5.20. The van der Waals surface area contributed by atoms with Gasteiger partial charge in [-0.3, -0.25) is 0 Å². The number of hydrogen-bond acceptors (Lipinski definition) is 4. The van der Waals surface area contributed by atoms with Crippen LogP contribution in [0.1, 0.15) is 38.7 Å². The molecule has 2 aromatic rings. The molecular formula is C21H34IN7. The maximum atomic E-state index is 4.72. The molecule has 0 spiro atoms. The van der Waals surface area contributed by atoms with Crippen molar-refractivity contribution >= 4 is 29.9 Å². The third-order valence-corrected chi connectivity index (χ3v) is 5.20. The van der Waals surface area contributed by atoms with Gasteiger partial charge in [0.05, 0.1) is 12.2 Å². The van der Waals surface area contributed by atoms with E-state index in [0.717, 1.165) is 37.1 Å². The average Bonchev–Trinajstić information content (AvgIpc) is 3.26. The van der Waals surface area contributed by atoms with Crippen LogP contribution in [0.2, 0.25) is 0 Å². The molecule has 0 bridgehead atoms. The van der Waals surface area contributed by atoms with E-state index in [-0.39, 0.29) is 24.0 Å². The molecule has 0 saturated carbocycles. The highest BCUT2D eigenvalue weighted by molar-refractivity contribution is 14.0. The Labute approximate surface area is 191 Å². The minimum absolute atomic E-state index is 0. The summed E-state index contributed by atoms with van der Waals surface area (Å²) < 4.78 is 1.75. The molecule has 0 radical (unpaired) electrons. The van der Waals surface area contributed by atoms with Gasteiger partial charge < -0.3 is 15.5 Å². The van der Waals surface area contributed by atoms with Crippen LogP contribution < -0.4 is 10.6 Å². The summed E-state index contributed by atoms with van der Waals surface area (Å²) in [7, 11) is 0. The van der Waals surface area contributed by atoms with E-state index in [9.17, 15) is 0 Å². The number of aliphatic imine (C=N–C) groups is 1. The van der Waals surface area contributed by atoms with E-state index in [1.54, 1.807) is 17.3 Å². The van der Waals surface area contributed by atoms with E-state index in [4.69, 9.17) is 4.99 Å². The molecular weight excluding hydrogens is 477 g/mol. The molecule has 1 fully saturated rings. The number of rotatable bonds is 8. The van der Waals surface area contributed by atoms with E-state index >= 15 is 0 Å². The lowest BCUT2D eigenvalue weighted by Gasteiger charge is -2.30. The second-order valence-corrected chi connectivity index (χ2v) is 7.51. The molecule has 160 valence electrons. The van der Waals surface area contributed by atoms with Crippen LogP contribution in [0, 0.1) is 5.92 Å². The summed E-state index contributed by atoms with van der Waals surface area (Å²) >= 11 is 0. The van der Waals surface area contributed by atoms with Gasteiger partial charge in [-0.2, -0.15) is 5.10 Å². The fourth-order valence-corrected chi connectivity index (χ4v) is 3.40. The number of benzene rings is 1. The first-order chi connectivity index (χ1) is 13.7. The molecule has 1 aliphatic rings. The van der Waals surface area contributed by atoms with Crippen LogP contribution in [0.15, 0.2) is 41.9 Å². The molecule has 2 heterocycles. The van der Waals surface area contributed by atoms with Crippen molar-refractivity contribution in [1.29, 1.82) is 0 Å². The van der Waals surface area contributed by atoms with Crippen molar-refractivity contribution in [1.82, 2.24) is 30.3 Å². The Morgan fingerprint density at radius 2 is 1.93 bits per heavy atom. The van der Waals surface area contributed by atoms with Crippen molar-refractivity contribution in [2.45, 2.75) is 39.7 Å². The summed E-state index contributed by atoms with van der Waals surface area (Å²) in [5, 5.41) is 10.9. The van der Waals surface area contributed by atoms with Gasteiger partial charge in [-0.25, -0.2) is 14.7 Å². The fourth-order valence-electron chi connectivity index (χ4n) is 3.40. The van der Waals surface area contributed by atoms with Gasteiger partial charge in [-0.15, -0.1) is 24.0 Å². The summed E-state index contributed by atoms with van der Waals surface area (Å²) in [5.41, 5.74) is 2.17. The average molecular weight is 511 g/mol. The Balaban J connectivity index is 0.00000300. The van der Waals surface area contributed by atoms with Gasteiger partial charge in [0.15, 0.2) is 5.96 Å². The summed E-state index contributed by atoms with van der Waals surface area (Å²) in [6.45, 7) is 10.6. The van der Waals surface area contributed by atoms with Crippen LogP contribution >= 0.6 is 24.0 Å². The predicted octanol–water partition coefficient (Wildman–Crippen LogP) is 3.06. The monoisotopic (exact) mass is 511 g/mol. The van der Waals surface area contributed by atoms with Crippen LogP contribution in [0.3, 0.4) is 0 Å². The SMILES string of the molecule is CCNC(=NCc1ccc(-n2cncn2)cc1)NCCCN1CCC(C)CC1.I. The topological polar surface area (TPSA) is 70.4 Å². The second kappa shape index (κ2) is 12.8. The summed E-state index contributed by atoms with van der Waals surface area (Å²) in [6, 6.07) is 8.25. The van der Waals surface area contributed by atoms with Gasteiger partial charge in [0.2, 0.25) is 0 Å². The zero-order valence-electron chi connectivity index (χ0n) is 17.5. The van der Waals surface area contributed by atoms with Crippen LogP contribution in [-0.4, -0.2) is 58.3 Å². The first kappa shape index (κ1) is 23.6. The number of nitrogens with one attached hydrogen (secondary N) is 2. The van der Waals surface area contributed by atoms with Crippen molar-refractivity contribution < 1.29 is 0 Å². The van der Waals surface area contributed by atoms with Crippen molar-refractivity contribution in [3.8, 4) is 5.69 Å². The number of halogens is 1. The van der Waals surface area contributed by atoms with E-state index in [1.807, 2.05) is 12.1 Å². The van der Waals surface area contributed by atoms with Crippen LogP contribution in [0.5, 0.6) is 0 Å². The summed E-state index contributed by atoms with van der Waals surface area (Å²) in [6.07, 6.45) is 7.06. The van der Waals surface area contributed by atoms with Crippen LogP contribution in [0.4, 0.5) is 0 Å². The van der Waals surface area contributed by atoms with E-state index in [0.29, 0.717) is 6.54 Å². The Hall–Kier alpha value is -1.68. The standard InChI is InChI=1S/C21H33N7.HI/c1-3-23-21(24-11-4-12-27-13-9-18(2)10-14-27)25-15-19-5-7-20(8-6-19)28-17-22-16-26-28;/h5-8,16-18H,3-4,9-15H2,1-2H3,(H2,23,24,25);1H. The van der Waals surface area contributed by atoms with Crippen molar-refractivity contribution in [3.05, 3.63) is 42.5 Å². The third kappa shape index (κ3) is 7.93. The van der Waals surface area contributed by atoms with Gasteiger partial charge in [0, 0.05) is 13.1 Å². The number of piperidine rings is 1. The van der Waals surface area contributed by atoms with E-state index in [1.165, 1.54) is 38.0 Å². The maximum Gasteiger partial charge on any atom is 0.191 e. The highest BCUT2D eigenvalue weighted by Crippen LogP contribution is 2.15. The number of nitrogens with zero attached hydrogens (tertiary/aromatic N) is 5. The molecule has 0 unspecified atom stereocenters. The van der Waals surface area contributed by atoms with Gasteiger partial charge in [0.1, 0.15) is 12.7 Å². The first-order valence-electron chi connectivity index (χ1n) is 10.4. The van der Waals surface area contributed by atoms with Gasteiger partial charge in [-0.1, -0.05) is 19.1 Å². The molecule has 7 nitrogen and oxygen atoms in total. The lowest BCUT2D eigenvalue weighted by atomic mass is 9.99. The predicted molar refractivity (Wildman–Crippen MR) is 129 cm³/mol. The fraction of sp³-hybridized carbons (Fsp3) is 0.571. The van der Waals surface area contributed by atoms with Crippen LogP contribution in [-0.2, 0) is 6.54 Å². The highest BCUT2D eigenvalue weighted by Gasteiger charge is 2.14. The lowest BCUT2D eigenvalue weighted by Crippen LogP contribution is -2.39. The molecule has 0 atom stereocenters. The first-order valence-corrected chi connectivity index (χ1v) is 10.4. The molecule has 1 aromatic heterocycles. The maximum absolute atomic E-state index is 4.72. The van der Waals surface area contributed by atoms with E-state index in [2.05, 4.69) is 51.6 Å². The summed E-state index contributed by atoms with van der Waals surface area (Å²) in [4.78, 5) is 11.3. The molecule has 2 N–H and O–H groups in total.